The quantitative estimate of drug-likeness (QED) is 0.833. The van der Waals surface area contributed by atoms with Gasteiger partial charge in [0.15, 0.2) is 5.13 Å². The van der Waals surface area contributed by atoms with Crippen LogP contribution in [-0.4, -0.2) is 32.2 Å². The minimum Gasteiger partial charge on any atom is -0.361 e. The lowest BCUT2D eigenvalue weighted by Crippen LogP contribution is -2.30. The summed E-state index contributed by atoms with van der Waals surface area (Å²) in [7, 11) is -3.19. The second-order valence-corrected chi connectivity index (χ2v) is 9.82. The maximum Gasteiger partial charge on any atom is 0.234 e. The highest BCUT2D eigenvalue weighted by Crippen LogP contribution is 2.35. The molecule has 7 heteroatoms. The van der Waals surface area contributed by atoms with Crippen LogP contribution in [0.5, 0.6) is 0 Å². The first kappa shape index (κ1) is 16.8. The zero-order valence-electron chi connectivity index (χ0n) is 14.4. The Bertz CT molecular complexity index is 872. The van der Waals surface area contributed by atoms with Crippen LogP contribution in [0.4, 0.5) is 10.8 Å². The van der Waals surface area contributed by atoms with Crippen molar-refractivity contribution in [3.8, 4) is 11.3 Å². The van der Waals surface area contributed by atoms with Crippen LogP contribution in [0.1, 0.15) is 31.7 Å². The van der Waals surface area contributed by atoms with Crippen LogP contribution >= 0.6 is 11.3 Å². The van der Waals surface area contributed by atoms with E-state index in [4.69, 9.17) is 4.98 Å². The van der Waals surface area contributed by atoms with Crippen molar-refractivity contribution in [3.05, 3.63) is 29.1 Å². The minimum atomic E-state index is -3.19. The number of nitrogens with zero attached hydrogens (tertiary/aromatic N) is 2. The second kappa shape index (κ2) is 6.61. The highest BCUT2D eigenvalue weighted by Gasteiger charge is 2.28. The molecule has 2 heterocycles. The van der Waals surface area contributed by atoms with Gasteiger partial charge in [0.05, 0.1) is 17.1 Å². The number of anilines is 2. The molecule has 5 nitrogen and oxygen atoms in total. The van der Waals surface area contributed by atoms with Crippen LogP contribution in [0.3, 0.4) is 0 Å². The molecule has 1 aliphatic heterocycles. The molecule has 25 heavy (non-hydrogen) atoms. The monoisotopic (exact) mass is 377 g/mol. The molecule has 1 aromatic carbocycles. The fourth-order valence-corrected chi connectivity index (χ4v) is 5.28. The highest BCUT2D eigenvalue weighted by atomic mass is 32.2. The van der Waals surface area contributed by atoms with Crippen LogP contribution in [-0.2, 0) is 16.4 Å². The Balaban J connectivity index is 1.52. The number of rotatable bonds is 6. The largest absolute Gasteiger partial charge is 0.361 e. The molecule has 2 aromatic rings. The van der Waals surface area contributed by atoms with Crippen molar-refractivity contribution in [1.82, 2.24) is 4.98 Å². The molecule has 0 saturated heterocycles. The number of nitrogens with one attached hydrogen (secondary N) is 1. The van der Waals surface area contributed by atoms with E-state index in [1.54, 1.807) is 22.6 Å². The molecule has 0 amide bonds. The van der Waals surface area contributed by atoms with Gasteiger partial charge in [-0.05, 0) is 49.8 Å². The van der Waals surface area contributed by atoms with Gasteiger partial charge in [-0.3, -0.25) is 4.31 Å². The number of sulfonamides is 1. The Labute approximate surface area is 153 Å². The average molecular weight is 378 g/mol. The zero-order valence-corrected chi connectivity index (χ0v) is 16.0. The van der Waals surface area contributed by atoms with E-state index < -0.39 is 10.0 Å². The van der Waals surface area contributed by atoms with Gasteiger partial charge in [0, 0.05) is 24.0 Å². The van der Waals surface area contributed by atoms with Crippen molar-refractivity contribution in [2.75, 3.05) is 28.5 Å². The van der Waals surface area contributed by atoms with Gasteiger partial charge in [-0.1, -0.05) is 12.5 Å². The lowest BCUT2D eigenvalue weighted by atomic mass is 9.86. The summed E-state index contributed by atoms with van der Waals surface area (Å²) >= 11 is 1.63. The summed E-state index contributed by atoms with van der Waals surface area (Å²) in [6.07, 6.45) is 4.77. The molecule has 1 fully saturated rings. The van der Waals surface area contributed by atoms with Crippen molar-refractivity contribution < 1.29 is 8.42 Å². The van der Waals surface area contributed by atoms with E-state index >= 15 is 0 Å². The highest BCUT2D eigenvalue weighted by molar-refractivity contribution is 7.92. The van der Waals surface area contributed by atoms with E-state index in [-0.39, 0.29) is 5.75 Å². The molecule has 1 N–H and O–H groups in total. The predicted molar refractivity (Wildman–Crippen MR) is 104 cm³/mol. The van der Waals surface area contributed by atoms with Gasteiger partial charge in [-0.2, -0.15) is 0 Å². The molecule has 1 saturated carbocycles. The summed E-state index contributed by atoms with van der Waals surface area (Å²) in [6.45, 7) is 3.25. The van der Waals surface area contributed by atoms with Crippen molar-refractivity contribution in [2.24, 2.45) is 5.92 Å². The summed E-state index contributed by atoms with van der Waals surface area (Å²) in [6, 6.07) is 5.99. The second-order valence-electron chi connectivity index (χ2n) is 6.78. The van der Waals surface area contributed by atoms with Crippen molar-refractivity contribution in [2.45, 2.75) is 32.6 Å². The van der Waals surface area contributed by atoms with Gasteiger partial charge in [0.2, 0.25) is 10.0 Å². The number of fused-ring (bicyclic) bond motifs is 1. The molecular weight excluding hydrogens is 354 g/mol. The Morgan fingerprint density at radius 1 is 1.36 bits per heavy atom. The third-order valence-electron chi connectivity index (χ3n) is 5.20. The van der Waals surface area contributed by atoms with Crippen molar-refractivity contribution >= 4 is 32.2 Å². The number of benzene rings is 1. The van der Waals surface area contributed by atoms with E-state index in [9.17, 15) is 8.42 Å². The van der Waals surface area contributed by atoms with Gasteiger partial charge >= 0.3 is 0 Å². The fourth-order valence-electron chi connectivity index (χ4n) is 3.39. The molecule has 4 rings (SSSR count). The summed E-state index contributed by atoms with van der Waals surface area (Å²) in [5, 5.41) is 6.48. The fraction of sp³-hybridized carbons (Fsp3) is 0.500. The molecule has 0 spiro atoms. The third-order valence-corrected chi connectivity index (χ3v) is 7.78. The number of thiazole rings is 1. The number of hydrogen-bond donors (Lipinski definition) is 1. The molecule has 0 atom stereocenters. The van der Waals surface area contributed by atoms with Gasteiger partial charge in [0.1, 0.15) is 0 Å². The van der Waals surface area contributed by atoms with Crippen LogP contribution in [0.15, 0.2) is 23.6 Å². The molecule has 0 radical (unpaired) electrons. The van der Waals surface area contributed by atoms with E-state index in [1.807, 2.05) is 12.1 Å². The van der Waals surface area contributed by atoms with Gasteiger partial charge in [-0.25, -0.2) is 13.4 Å². The normalized spacial score (nSPS) is 17.4. The maximum absolute atomic E-state index is 12.2. The van der Waals surface area contributed by atoms with Gasteiger partial charge in [-0.15, -0.1) is 11.3 Å². The Kier molecular flexibility index (Phi) is 4.45. The third kappa shape index (κ3) is 3.27. The molecule has 134 valence electrons. The molecular formula is C18H23N3O2S2. The average Bonchev–Trinajstić information content (AvgIpc) is 3.19. The molecule has 1 aliphatic carbocycles. The number of hydrogen-bond acceptors (Lipinski definition) is 5. The lowest BCUT2D eigenvalue weighted by Gasteiger charge is -2.25. The minimum absolute atomic E-state index is 0.135. The Morgan fingerprint density at radius 2 is 2.20 bits per heavy atom. The van der Waals surface area contributed by atoms with Crippen LogP contribution in [0, 0.1) is 5.92 Å². The standard InChI is InChI=1S/C18H23N3O2S2/c1-2-25(22,23)21-9-8-15-10-14(6-7-17(15)21)16-12-24-18(20-16)19-11-13-4-3-5-13/h6-7,10,12-13H,2-5,8-9,11H2,1H3,(H,19,20). The first-order chi connectivity index (χ1) is 12.1. The first-order valence-electron chi connectivity index (χ1n) is 8.90. The smallest absolute Gasteiger partial charge is 0.234 e. The van der Waals surface area contributed by atoms with E-state index in [0.717, 1.165) is 46.5 Å². The van der Waals surface area contributed by atoms with Crippen LogP contribution in [0.2, 0.25) is 0 Å². The first-order valence-corrected chi connectivity index (χ1v) is 11.4. The van der Waals surface area contributed by atoms with Gasteiger partial charge in [0.25, 0.3) is 0 Å². The molecule has 1 aromatic heterocycles. The SMILES string of the molecule is CCS(=O)(=O)N1CCc2cc(-c3csc(NCC4CCC4)n3)ccc21. The molecule has 0 bridgehead atoms. The van der Waals surface area contributed by atoms with Crippen LogP contribution < -0.4 is 9.62 Å². The maximum atomic E-state index is 12.2. The number of aromatic nitrogens is 1. The lowest BCUT2D eigenvalue weighted by molar-refractivity contribution is 0.333. The Morgan fingerprint density at radius 3 is 2.92 bits per heavy atom. The molecule has 2 aliphatic rings. The van der Waals surface area contributed by atoms with Crippen molar-refractivity contribution in [3.63, 3.8) is 0 Å². The Hall–Kier alpha value is -1.60. The summed E-state index contributed by atoms with van der Waals surface area (Å²) in [5.74, 6) is 0.940. The van der Waals surface area contributed by atoms with E-state index in [1.165, 1.54) is 19.3 Å². The summed E-state index contributed by atoms with van der Waals surface area (Å²) < 4.78 is 25.9. The summed E-state index contributed by atoms with van der Waals surface area (Å²) in [5.41, 5.74) is 3.93. The summed E-state index contributed by atoms with van der Waals surface area (Å²) in [4.78, 5) is 4.70. The van der Waals surface area contributed by atoms with E-state index in [0.29, 0.717) is 6.54 Å². The molecule has 0 unspecified atom stereocenters. The van der Waals surface area contributed by atoms with Crippen molar-refractivity contribution in [1.29, 1.82) is 0 Å². The predicted octanol–water partition coefficient (Wildman–Crippen LogP) is 3.73. The van der Waals surface area contributed by atoms with E-state index in [2.05, 4.69) is 16.8 Å². The van der Waals surface area contributed by atoms with Gasteiger partial charge < -0.3 is 5.32 Å². The van der Waals surface area contributed by atoms with Crippen LogP contribution in [0.25, 0.3) is 11.3 Å². The zero-order chi connectivity index (χ0) is 17.4. The topological polar surface area (TPSA) is 62.3 Å².